The molecule has 2 N–H and O–H groups in total. The number of piperidine rings is 1. The van der Waals surface area contributed by atoms with E-state index < -0.39 is 5.60 Å². The van der Waals surface area contributed by atoms with Gasteiger partial charge < -0.3 is 10.4 Å². The van der Waals surface area contributed by atoms with Crippen molar-refractivity contribution in [2.75, 3.05) is 13.1 Å². The maximum atomic E-state index is 10.5. The lowest BCUT2D eigenvalue weighted by molar-refractivity contribution is 0.00883. The Kier molecular flexibility index (Phi) is 4.08. The smallest absolute Gasteiger partial charge is 0.0775 e. The summed E-state index contributed by atoms with van der Waals surface area (Å²) < 4.78 is 0. The Balaban J connectivity index is 2.06. The number of aryl methyl sites for hydroxylation is 3. The van der Waals surface area contributed by atoms with Gasteiger partial charge in [0.1, 0.15) is 0 Å². The molecule has 1 atom stereocenters. The second-order valence-electron chi connectivity index (χ2n) is 5.88. The molecule has 1 aromatic rings. The van der Waals surface area contributed by atoms with Gasteiger partial charge in [-0.3, -0.25) is 0 Å². The van der Waals surface area contributed by atoms with Crippen LogP contribution in [0, 0.1) is 20.8 Å². The van der Waals surface area contributed by atoms with Gasteiger partial charge in [0.15, 0.2) is 0 Å². The third-order valence-corrected chi connectivity index (χ3v) is 4.13. The molecule has 1 fully saturated rings. The Bertz CT molecular complexity index is 396. The summed E-state index contributed by atoms with van der Waals surface area (Å²) in [6.45, 7) is 8.29. The highest BCUT2D eigenvalue weighted by atomic mass is 16.3. The molecule has 1 aromatic carbocycles. The Morgan fingerprint density at radius 1 is 1.22 bits per heavy atom. The maximum Gasteiger partial charge on any atom is 0.0775 e. The molecule has 18 heavy (non-hydrogen) atoms. The van der Waals surface area contributed by atoms with Crippen LogP contribution in [-0.4, -0.2) is 23.8 Å². The highest BCUT2D eigenvalue weighted by Crippen LogP contribution is 2.25. The van der Waals surface area contributed by atoms with Crippen LogP contribution in [0.25, 0.3) is 0 Å². The van der Waals surface area contributed by atoms with Crippen LogP contribution in [-0.2, 0) is 6.42 Å². The van der Waals surface area contributed by atoms with E-state index in [2.05, 4.69) is 38.2 Å². The van der Waals surface area contributed by atoms with E-state index in [1.165, 1.54) is 22.3 Å². The molecular formula is C16H25NO. The minimum atomic E-state index is -0.498. The predicted octanol–water partition coefficient (Wildman–Crippen LogP) is 2.66. The molecule has 0 aromatic heterocycles. The Hall–Kier alpha value is -0.860. The number of β-amino-alcohol motifs (C(OH)–C–C–N with tert-alkyl or cyclic N) is 1. The Morgan fingerprint density at radius 3 is 2.44 bits per heavy atom. The number of nitrogens with one attached hydrogen (secondary N) is 1. The fraction of sp³-hybridized carbons (Fsp3) is 0.625. The lowest BCUT2D eigenvalue weighted by Crippen LogP contribution is -2.45. The summed E-state index contributed by atoms with van der Waals surface area (Å²) in [6.07, 6.45) is 3.87. The van der Waals surface area contributed by atoms with E-state index in [1.54, 1.807) is 0 Å². The first-order valence-corrected chi connectivity index (χ1v) is 7.00. The number of rotatable bonds is 3. The monoisotopic (exact) mass is 247 g/mol. The van der Waals surface area contributed by atoms with E-state index in [4.69, 9.17) is 0 Å². The molecule has 1 aliphatic rings. The summed E-state index contributed by atoms with van der Waals surface area (Å²) in [5, 5.41) is 13.8. The van der Waals surface area contributed by atoms with Crippen molar-refractivity contribution in [1.82, 2.24) is 5.32 Å². The van der Waals surface area contributed by atoms with Gasteiger partial charge in [0.2, 0.25) is 0 Å². The third-order valence-electron chi connectivity index (χ3n) is 4.13. The van der Waals surface area contributed by atoms with Gasteiger partial charge in [0.05, 0.1) is 5.60 Å². The zero-order valence-corrected chi connectivity index (χ0v) is 11.8. The van der Waals surface area contributed by atoms with Crippen molar-refractivity contribution in [3.05, 3.63) is 34.4 Å². The van der Waals surface area contributed by atoms with Gasteiger partial charge in [-0.05, 0) is 69.7 Å². The first-order chi connectivity index (χ1) is 8.50. The standard InChI is InChI=1S/C16H25NO/c1-12-9-13(2)15(14(3)10-12)5-7-16(18)6-4-8-17-11-16/h9-10,17-18H,4-8,11H2,1-3H3. The van der Waals surface area contributed by atoms with Crippen LogP contribution in [0.15, 0.2) is 12.1 Å². The summed E-state index contributed by atoms with van der Waals surface area (Å²) in [4.78, 5) is 0. The molecule has 0 saturated carbocycles. The topological polar surface area (TPSA) is 32.3 Å². The molecule has 1 saturated heterocycles. The van der Waals surface area contributed by atoms with Crippen LogP contribution in [0.3, 0.4) is 0 Å². The Labute approximate surface area is 110 Å². The van der Waals surface area contributed by atoms with Crippen LogP contribution in [0.2, 0.25) is 0 Å². The first-order valence-electron chi connectivity index (χ1n) is 7.00. The van der Waals surface area contributed by atoms with Crippen molar-refractivity contribution < 1.29 is 5.11 Å². The summed E-state index contributed by atoms with van der Waals surface area (Å²) in [5.41, 5.74) is 4.97. The summed E-state index contributed by atoms with van der Waals surface area (Å²) in [5.74, 6) is 0. The predicted molar refractivity (Wildman–Crippen MR) is 76.0 cm³/mol. The molecule has 1 unspecified atom stereocenters. The Morgan fingerprint density at radius 2 is 1.89 bits per heavy atom. The van der Waals surface area contributed by atoms with E-state index >= 15 is 0 Å². The van der Waals surface area contributed by atoms with E-state index in [9.17, 15) is 5.11 Å². The van der Waals surface area contributed by atoms with Crippen LogP contribution in [0.4, 0.5) is 0 Å². The average Bonchev–Trinajstić information content (AvgIpc) is 2.28. The SMILES string of the molecule is Cc1cc(C)c(CCC2(O)CCCNC2)c(C)c1. The molecule has 2 rings (SSSR count). The average molecular weight is 247 g/mol. The van der Waals surface area contributed by atoms with Gasteiger partial charge >= 0.3 is 0 Å². The van der Waals surface area contributed by atoms with E-state index in [1.807, 2.05) is 0 Å². The van der Waals surface area contributed by atoms with Crippen molar-refractivity contribution in [2.45, 2.75) is 52.1 Å². The molecule has 100 valence electrons. The zero-order chi connectivity index (χ0) is 13.2. The molecule has 0 aliphatic carbocycles. The quantitative estimate of drug-likeness (QED) is 0.860. The number of hydrogen-bond acceptors (Lipinski definition) is 2. The van der Waals surface area contributed by atoms with Crippen LogP contribution >= 0.6 is 0 Å². The molecule has 1 heterocycles. The van der Waals surface area contributed by atoms with Crippen molar-refractivity contribution in [3.63, 3.8) is 0 Å². The zero-order valence-electron chi connectivity index (χ0n) is 11.8. The molecule has 0 bridgehead atoms. The summed E-state index contributed by atoms with van der Waals surface area (Å²) in [7, 11) is 0. The van der Waals surface area contributed by atoms with Gasteiger partial charge in [-0.25, -0.2) is 0 Å². The molecule has 0 radical (unpaired) electrons. The van der Waals surface area contributed by atoms with Gasteiger partial charge in [-0.15, -0.1) is 0 Å². The van der Waals surface area contributed by atoms with Gasteiger partial charge in [0, 0.05) is 6.54 Å². The van der Waals surface area contributed by atoms with E-state index in [0.29, 0.717) is 0 Å². The fourth-order valence-electron chi connectivity index (χ4n) is 3.13. The fourth-order valence-corrected chi connectivity index (χ4v) is 3.13. The number of benzene rings is 1. The van der Waals surface area contributed by atoms with Crippen LogP contribution in [0.5, 0.6) is 0 Å². The molecule has 1 aliphatic heterocycles. The second-order valence-corrected chi connectivity index (χ2v) is 5.88. The van der Waals surface area contributed by atoms with Crippen molar-refractivity contribution in [1.29, 1.82) is 0 Å². The third kappa shape index (κ3) is 3.12. The lowest BCUT2D eigenvalue weighted by Gasteiger charge is -2.33. The largest absolute Gasteiger partial charge is 0.389 e. The summed E-state index contributed by atoms with van der Waals surface area (Å²) in [6, 6.07) is 4.48. The van der Waals surface area contributed by atoms with Crippen LogP contribution in [0.1, 0.15) is 41.5 Å². The number of aliphatic hydroxyl groups is 1. The van der Waals surface area contributed by atoms with E-state index in [0.717, 1.165) is 38.8 Å². The highest BCUT2D eigenvalue weighted by molar-refractivity contribution is 5.37. The molecule has 2 heteroatoms. The minimum absolute atomic E-state index is 0.498. The molecule has 2 nitrogen and oxygen atoms in total. The minimum Gasteiger partial charge on any atom is -0.389 e. The van der Waals surface area contributed by atoms with Gasteiger partial charge in [-0.1, -0.05) is 17.7 Å². The first kappa shape index (κ1) is 13.6. The van der Waals surface area contributed by atoms with E-state index in [-0.39, 0.29) is 0 Å². The molecular weight excluding hydrogens is 222 g/mol. The van der Waals surface area contributed by atoms with Gasteiger partial charge in [-0.2, -0.15) is 0 Å². The van der Waals surface area contributed by atoms with Crippen molar-refractivity contribution in [3.8, 4) is 0 Å². The lowest BCUT2D eigenvalue weighted by atomic mass is 9.86. The van der Waals surface area contributed by atoms with Gasteiger partial charge in [0.25, 0.3) is 0 Å². The normalized spacial score (nSPS) is 24.2. The second kappa shape index (κ2) is 5.41. The maximum absolute atomic E-state index is 10.5. The van der Waals surface area contributed by atoms with Crippen molar-refractivity contribution in [2.24, 2.45) is 0 Å². The molecule has 0 amide bonds. The summed E-state index contributed by atoms with van der Waals surface area (Å²) >= 11 is 0. The molecule has 0 spiro atoms. The highest BCUT2D eigenvalue weighted by Gasteiger charge is 2.28. The van der Waals surface area contributed by atoms with Crippen molar-refractivity contribution >= 4 is 0 Å². The van der Waals surface area contributed by atoms with Crippen LogP contribution < -0.4 is 5.32 Å². The number of hydrogen-bond donors (Lipinski definition) is 2.